The highest BCUT2D eigenvalue weighted by molar-refractivity contribution is 5.47. The molecule has 0 atom stereocenters. The maximum absolute atomic E-state index is 13.0. The molecule has 0 amide bonds. The lowest BCUT2D eigenvalue weighted by atomic mass is 9.92. The van der Waals surface area contributed by atoms with Gasteiger partial charge in [-0.1, -0.05) is 0 Å². The van der Waals surface area contributed by atoms with Gasteiger partial charge in [-0.2, -0.15) is 0 Å². The molecule has 1 saturated heterocycles. The standard InChI is InChI=1S/C19H21FN6/c1-13-9-23-19(24-13)17-12-21-11-16(25-17)8-14-4-6-26(7-5-14)18-3-2-15(20)10-22-18/h2-3,9-12,14H,4-8H2,1H3,(H,23,24). The smallest absolute Gasteiger partial charge is 0.157 e. The lowest BCUT2D eigenvalue weighted by molar-refractivity contribution is 0.398. The second kappa shape index (κ2) is 7.19. The summed E-state index contributed by atoms with van der Waals surface area (Å²) in [5.74, 6) is 1.87. The van der Waals surface area contributed by atoms with Crippen molar-refractivity contribution in [3.63, 3.8) is 0 Å². The molecule has 0 spiro atoms. The summed E-state index contributed by atoms with van der Waals surface area (Å²) in [5.41, 5.74) is 2.78. The molecule has 4 heterocycles. The third kappa shape index (κ3) is 3.71. The van der Waals surface area contributed by atoms with Crippen molar-refractivity contribution in [1.82, 2.24) is 24.9 Å². The second-order valence-electron chi connectivity index (χ2n) is 6.78. The minimum absolute atomic E-state index is 0.297. The van der Waals surface area contributed by atoms with Crippen molar-refractivity contribution in [1.29, 1.82) is 0 Å². The molecule has 7 heteroatoms. The summed E-state index contributed by atoms with van der Waals surface area (Å²) in [5, 5.41) is 0. The van der Waals surface area contributed by atoms with Crippen LogP contribution >= 0.6 is 0 Å². The molecule has 0 unspecified atom stereocenters. The highest BCUT2D eigenvalue weighted by Crippen LogP contribution is 2.24. The summed E-state index contributed by atoms with van der Waals surface area (Å²) in [4.78, 5) is 23.0. The summed E-state index contributed by atoms with van der Waals surface area (Å²) in [6.45, 7) is 3.82. The van der Waals surface area contributed by atoms with Crippen LogP contribution in [0.3, 0.4) is 0 Å². The van der Waals surface area contributed by atoms with Gasteiger partial charge < -0.3 is 9.88 Å². The van der Waals surface area contributed by atoms with Gasteiger partial charge in [-0.15, -0.1) is 0 Å². The number of nitrogens with one attached hydrogen (secondary N) is 1. The van der Waals surface area contributed by atoms with Crippen LogP contribution in [0.4, 0.5) is 10.2 Å². The first-order valence-electron chi connectivity index (χ1n) is 8.87. The fourth-order valence-electron chi connectivity index (χ4n) is 3.38. The van der Waals surface area contributed by atoms with Gasteiger partial charge >= 0.3 is 0 Å². The van der Waals surface area contributed by atoms with E-state index < -0.39 is 0 Å². The minimum atomic E-state index is -0.297. The zero-order valence-electron chi connectivity index (χ0n) is 14.7. The van der Waals surface area contributed by atoms with E-state index in [2.05, 4.69) is 24.8 Å². The minimum Gasteiger partial charge on any atom is -0.357 e. The van der Waals surface area contributed by atoms with E-state index in [-0.39, 0.29) is 5.82 Å². The Morgan fingerprint density at radius 2 is 1.96 bits per heavy atom. The van der Waals surface area contributed by atoms with E-state index in [1.807, 2.05) is 13.1 Å². The normalized spacial score (nSPS) is 15.4. The van der Waals surface area contributed by atoms with Crippen LogP contribution in [0.25, 0.3) is 11.5 Å². The first-order chi connectivity index (χ1) is 12.7. The number of hydrogen-bond acceptors (Lipinski definition) is 5. The third-order valence-electron chi connectivity index (χ3n) is 4.78. The van der Waals surface area contributed by atoms with Gasteiger partial charge in [0.25, 0.3) is 0 Å². The number of aromatic nitrogens is 5. The van der Waals surface area contributed by atoms with Crippen LogP contribution in [-0.2, 0) is 6.42 Å². The first-order valence-corrected chi connectivity index (χ1v) is 8.87. The van der Waals surface area contributed by atoms with E-state index >= 15 is 0 Å². The zero-order valence-corrected chi connectivity index (χ0v) is 14.7. The largest absolute Gasteiger partial charge is 0.357 e. The molecule has 0 bridgehead atoms. The van der Waals surface area contributed by atoms with E-state index in [1.54, 1.807) is 18.5 Å². The molecule has 1 N–H and O–H groups in total. The SMILES string of the molecule is Cc1cnc(-c2cncc(CC3CCN(c4ccc(F)cn4)CC3)n2)[nH]1. The quantitative estimate of drug-likeness (QED) is 0.781. The first kappa shape index (κ1) is 16.6. The lowest BCUT2D eigenvalue weighted by Crippen LogP contribution is -2.34. The molecule has 4 rings (SSSR count). The monoisotopic (exact) mass is 352 g/mol. The second-order valence-corrected chi connectivity index (χ2v) is 6.78. The third-order valence-corrected chi connectivity index (χ3v) is 4.78. The number of hydrogen-bond donors (Lipinski definition) is 1. The van der Waals surface area contributed by atoms with Crippen molar-refractivity contribution < 1.29 is 4.39 Å². The van der Waals surface area contributed by atoms with Gasteiger partial charge in [-0.25, -0.2) is 19.3 Å². The summed E-state index contributed by atoms with van der Waals surface area (Å²) in [7, 11) is 0. The van der Waals surface area contributed by atoms with Crippen molar-refractivity contribution >= 4 is 5.82 Å². The molecule has 26 heavy (non-hydrogen) atoms. The summed E-state index contributed by atoms with van der Waals surface area (Å²) < 4.78 is 13.0. The van der Waals surface area contributed by atoms with Crippen molar-refractivity contribution in [2.24, 2.45) is 5.92 Å². The molecule has 0 aromatic carbocycles. The molecule has 134 valence electrons. The molecular weight excluding hydrogens is 331 g/mol. The number of anilines is 1. The fraction of sp³-hybridized carbons (Fsp3) is 0.368. The maximum Gasteiger partial charge on any atom is 0.157 e. The van der Waals surface area contributed by atoms with E-state index in [4.69, 9.17) is 4.98 Å². The number of aromatic amines is 1. The van der Waals surface area contributed by atoms with Crippen molar-refractivity contribution in [3.05, 3.63) is 54.1 Å². The number of H-pyrrole nitrogens is 1. The zero-order chi connectivity index (χ0) is 17.9. The molecule has 1 aliphatic heterocycles. The van der Waals surface area contributed by atoms with Crippen LogP contribution in [0.1, 0.15) is 24.2 Å². The summed E-state index contributed by atoms with van der Waals surface area (Å²) >= 11 is 0. The van der Waals surface area contributed by atoms with E-state index in [9.17, 15) is 4.39 Å². The Morgan fingerprint density at radius 1 is 1.12 bits per heavy atom. The molecule has 1 aliphatic rings. The number of piperidine rings is 1. The van der Waals surface area contributed by atoms with Gasteiger partial charge in [-0.3, -0.25) is 4.98 Å². The van der Waals surface area contributed by atoms with Crippen LogP contribution in [0.5, 0.6) is 0 Å². The number of nitrogens with zero attached hydrogens (tertiary/aromatic N) is 5. The van der Waals surface area contributed by atoms with Gasteiger partial charge in [-0.05, 0) is 44.2 Å². The Bertz CT molecular complexity index is 868. The fourth-order valence-corrected chi connectivity index (χ4v) is 3.38. The Balaban J connectivity index is 1.38. The molecule has 6 nitrogen and oxygen atoms in total. The van der Waals surface area contributed by atoms with Crippen LogP contribution in [0.2, 0.25) is 0 Å². The molecule has 0 radical (unpaired) electrons. The topological polar surface area (TPSA) is 70.6 Å². The van der Waals surface area contributed by atoms with Crippen LogP contribution in [-0.4, -0.2) is 38.0 Å². The summed E-state index contributed by atoms with van der Waals surface area (Å²) in [6, 6.07) is 3.21. The highest BCUT2D eigenvalue weighted by atomic mass is 19.1. The Hall–Kier alpha value is -2.83. The van der Waals surface area contributed by atoms with E-state index in [0.29, 0.717) is 5.92 Å². The van der Waals surface area contributed by atoms with Gasteiger partial charge in [0.1, 0.15) is 17.3 Å². The predicted octanol–water partition coefficient (Wildman–Crippen LogP) is 3.17. The van der Waals surface area contributed by atoms with Crippen molar-refractivity contribution in [2.45, 2.75) is 26.2 Å². The van der Waals surface area contributed by atoms with Crippen molar-refractivity contribution in [2.75, 3.05) is 18.0 Å². The molecule has 3 aromatic rings. The van der Waals surface area contributed by atoms with Crippen LogP contribution in [0.15, 0.2) is 36.9 Å². The number of imidazole rings is 1. The molecule has 0 aliphatic carbocycles. The van der Waals surface area contributed by atoms with Gasteiger partial charge in [0.05, 0.1) is 18.1 Å². The van der Waals surface area contributed by atoms with E-state index in [0.717, 1.165) is 61.1 Å². The van der Waals surface area contributed by atoms with Gasteiger partial charge in [0.15, 0.2) is 5.82 Å². The van der Waals surface area contributed by atoms with Gasteiger partial charge in [0.2, 0.25) is 0 Å². The van der Waals surface area contributed by atoms with Crippen LogP contribution in [0, 0.1) is 18.7 Å². The molecule has 3 aromatic heterocycles. The molecule has 0 saturated carbocycles. The average molecular weight is 352 g/mol. The van der Waals surface area contributed by atoms with E-state index in [1.165, 1.54) is 12.3 Å². The molecular formula is C19H21FN6. The Morgan fingerprint density at radius 3 is 2.65 bits per heavy atom. The lowest BCUT2D eigenvalue weighted by Gasteiger charge is -2.32. The maximum atomic E-state index is 13.0. The highest BCUT2D eigenvalue weighted by Gasteiger charge is 2.21. The van der Waals surface area contributed by atoms with Crippen molar-refractivity contribution in [3.8, 4) is 11.5 Å². The number of aryl methyl sites for hydroxylation is 1. The van der Waals surface area contributed by atoms with Crippen LogP contribution < -0.4 is 4.90 Å². The Labute approximate surface area is 151 Å². The van der Waals surface area contributed by atoms with Gasteiger partial charge in [0, 0.05) is 31.2 Å². The Kier molecular flexibility index (Phi) is 4.60. The predicted molar refractivity (Wildman–Crippen MR) is 97.2 cm³/mol. The number of pyridine rings is 1. The average Bonchev–Trinajstić information content (AvgIpc) is 3.10. The summed E-state index contributed by atoms with van der Waals surface area (Å²) in [6.07, 6.45) is 9.68. The number of halogens is 1. The number of rotatable bonds is 4. The molecule has 1 fully saturated rings.